The molecule has 0 aromatic carbocycles. The summed E-state index contributed by atoms with van der Waals surface area (Å²) in [5.74, 6) is 1.47. The standard InChI is InChI=1S/C10H20N2OS/c1-8-6-12(10(13)4-5-14)7-9(8)11(2)3/h8-9,14H,4-7H2,1-3H3. The summed E-state index contributed by atoms with van der Waals surface area (Å²) < 4.78 is 0. The minimum atomic E-state index is 0.246. The Bertz CT molecular complexity index is 208. The van der Waals surface area contributed by atoms with E-state index in [1.165, 1.54) is 0 Å². The van der Waals surface area contributed by atoms with Crippen LogP contribution < -0.4 is 0 Å². The monoisotopic (exact) mass is 216 g/mol. The molecule has 82 valence electrons. The molecule has 0 spiro atoms. The Kier molecular flexibility index (Phi) is 4.26. The molecule has 1 aliphatic heterocycles. The van der Waals surface area contributed by atoms with E-state index in [1.807, 2.05) is 4.90 Å². The average molecular weight is 216 g/mol. The van der Waals surface area contributed by atoms with Gasteiger partial charge in [-0.2, -0.15) is 12.6 Å². The van der Waals surface area contributed by atoms with Crippen molar-refractivity contribution in [2.45, 2.75) is 19.4 Å². The lowest BCUT2D eigenvalue weighted by Crippen LogP contribution is -2.35. The SMILES string of the molecule is CC1CN(C(=O)CCS)CC1N(C)C. The maximum absolute atomic E-state index is 11.6. The third kappa shape index (κ3) is 2.64. The minimum Gasteiger partial charge on any atom is -0.341 e. The Morgan fingerprint density at radius 1 is 1.50 bits per heavy atom. The van der Waals surface area contributed by atoms with Crippen LogP contribution in [0.2, 0.25) is 0 Å². The molecule has 1 amide bonds. The zero-order chi connectivity index (χ0) is 10.7. The van der Waals surface area contributed by atoms with Gasteiger partial charge in [0.25, 0.3) is 0 Å². The molecule has 1 saturated heterocycles. The molecule has 1 rings (SSSR count). The normalized spacial score (nSPS) is 27.4. The number of carbonyl (C=O) groups excluding carboxylic acids is 1. The van der Waals surface area contributed by atoms with Crippen LogP contribution in [0.3, 0.4) is 0 Å². The van der Waals surface area contributed by atoms with Crippen LogP contribution in [0.25, 0.3) is 0 Å². The van der Waals surface area contributed by atoms with Crippen LogP contribution in [-0.2, 0) is 4.79 Å². The summed E-state index contributed by atoms with van der Waals surface area (Å²) in [6, 6.07) is 0.513. The summed E-state index contributed by atoms with van der Waals surface area (Å²) in [5, 5.41) is 0. The maximum Gasteiger partial charge on any atom is 0.223 e. The van der Waals surface area contributed by atoms with Crippen molar-refractivity contribution in [2.75, 3.05) is 32.9 Å². The molecule has 1 aliphatic rings. The van der Waals surface area contributed by atoms with E-state index >= 15 is 0 Å². The van der Waals surface area contributed by atoms with Gasteiger partial charge in [-0.1, -0.05) is 6.92 Å². The van der Waals surface area contributed by atoms with Crippen molar-refractivity contribution >= 4 is 18.5 Å². The van der Waals surface area contributed by atoms with E-state index in [-0.39, 0.29) is 5.91 Å². The van der Waals surface area contributed by atoms with Gasteiger partial charge >= 0.3 is 0 Å². The molecule has 3 nitrogen and oxygen atoms in total. The predicted molar refractivity (Wildman–Crippen MR) is 61.7 cm³/mol. The topological polar surface area (TPSA) is 23.6 Å². The van der Waals surface area contributed by atoms with E-state index in [4.69, 9.17) is 0 Å². The highest BCUT2D eigenvalue weighted by Crippen LogP contribution is 2.20. The fourth-order valence-electron chi connectivity index (χ4n) is 2.08. The van der Waals surface area contributed by atoms with Gasteiger partial charge in [-0.25, -0.2) is 0 Å². The Morgan fingerprint density at radius 3 is 2.57 bits per heavy atom. The summed E-state index contributed by atoms with van der Waals surface area (Å²) >= 11 is 4.08. The number of rotatable bonds is 3. The Morgan fingerprint density at radius 2 is 2.14 bits per heavy atom. The Balaban J connectivity index is 2.50. The van der Waals surface area contributed by atoms with Crippen molar-refractivity contribution in [1.29, 1.82) is 0 Å². The molecule has 0 saturated carbocycles. The molecule has 0 aromatic rings. The summed E-state index contributed by atoms with van der Waals surface area (Å²) in [6.07, 6.45) is 0.565. The van der Waals surface area contributed by atoms with Gasteiger partial charge < -0.3 is 9.80 Å². The number of carbonyl (C=O) groups is 1. The van der Waals surface area contributed by atoms with Crippen LogP contribution in [0.15, 0.2) is 0 Å². The molecule has 0 N–H and O–H groups in total. The molecule has 1 heterocycles. The third-order valence-corrected chi connectivity index (χ3v) is 3.14. The van der Waals surface area contributed by atoms with E-state index in [1.54, 1.807) is 0 Å². The van der Waals surface area contributed by atoms with Crippen LogP contribution in [0.5, 0.6) is 0 Å². The summed E-state index contributed by atoms with van der Waals surface area (Å²) in [5.41, 5.74) is 0. The van der Waals surface area contributed by atoms with E-state index in [0.29, 0.717) is 24.1 Å². The lowest BCUT2D eigenvalue weighted by Gasteiger charge is -2.22. The summed E-state index contributed by atoms with van der Waals surface area (Å²) in [6.45, 7) is 3.98. The van der Waals surface area contributed by atoms with E-state index in [0.717, 1.165) is 13.1 Å². The molecule has 0 radical (unpaired) electrons. The second kappa shape index (κ2) is 5.03. The fraction of sp³-hybridized carbons (Fsp3) is 0.900. The first kappa shape index (κ1) is 11.9. The van der Waals surface area contributed by atoms with Gasteiger partial charge in [-0.3, -0.25) is 4.79 Å². The van der Waals surface area contributed by atoms with E-state index in [2.05, 4.69) is 38.5 Å². The van der Waals surface area contributed by atoms with Crippen LogP contribution >= 0.6 is 12.6 Å². The zero-order valence-corrected chi connectivity index (χ0v) is 10.1. The smallest absolute Gasteiger partial charge is 0.223 e. The highest BCUT2D eigenvalue weighted by Gasteiger charge is 2.32. The molecule has 0 aliphatic carbocycles. The number of hydrogen-bond donors (Lipinski definition) is 1. The quantitative estimate of drug-likeness (QED) is 0.703. The van der Waals surface area contributed by atoms with E-state index in [9.17, 15) is 4.79 Å². The molecule has 1 fully saturated rings. The number of hydrogen-bond acceptors (Lipinski definition) is 3. The van der Waals surface area contributed by atoms with Crippen LogP contribution in [0.4, 0.5) is 0 Å². The minimum absolute atomic E-state index is 0.246. The molecule has 4 heteroatoms. The van der Waals surface area contributed by atoms with Crippen LogP contribution in [0, 0.1) is 5.92 Å². The van der Waals surface area contributed by atoms with Crippen molar-refractivity contribution in [3.8, 4) is 0 Å². The Hall–Kier alpha value is -0.220. The predicted octanol–water partition coefficient (Wildman–Crippen LogP) is 0.715. The van der Waals surface area contributed by atoms with E-state index < -0.39 is 0 Å². The second-order valence-corrected chi connectivity index (χ2v) is 4.73. The average Bonchev–Trinajstić information content (AvgIpc) is 2.48. The number of thiol groups is 1. The number of nitrogens with zero attached hydrogens (tertiary/aromatic N) is 2. The van der Waals surface area contributed by atoms with Gasteiger partial charge in [-0.15, -0.1) is 0 Å². The Labute approximate surface area is 91.9 Å². The lowest BCUT2D eigenvalue weighted by molar-refractivity contribution is -0.129. The van der Waals surface area contributed by atoms with Gasteiger partial charge in [-0.05, 0) is 25.8 Å². The molecular formula is C10H20N2OS. The molecule has 0 bridgehead atoms. The summed E-state index contributed by atoms with van der Waals surface area (Å²) in [7, 11) is 4.15. The van der Waals surface area contributed by atoms with Crippen molar-refractivity contribution in [1.82, 2.24) is 9.80 Å². The number of amides is 1. The molecule has 14 heavy (non-hydrogen) atoms. The second-order valence-electron chi connectivity index (χ2n) is 4.28. The fourth-order valence-corrected chi connectivity index (χ4v) is 2.27. The van der Waals surface area contributed by atoms with Crippen molar-refractivity contribution in [3.05, 3.63) is 0 Å². The van der Waals surface area contributed by atoms with Crippen LogP contribution in [-0.4, -0.2) is 54.7 Å². The molecule has 2 unspecified atom stereocenters. The van der Waals surface area contributed by atoms with Gasteiger partial charge in [0.05, 0.1) is 0 Å². The molecule has 0 aromatic heterocycles. The van der Waals surface area contributed by atoms with Crippen molar-refractivity contribution < 1.29 is 4.79 Å². The number of likely N-dealkylation sites (tertiary alicyclic amines) is 1. The zero-order valence-electron chi connectivity index (χ0n) is 9.23. The van der Waals surface area contributed by atoms with Gasteiger partial charge in [0, 0.05) is 25.6 Å². The lowest BCUT2D eigenvalue weighted by atomic mass is 10.1. The summed E-state index contributed by atoms with van der Waals surface area (Å²) in [4.78, 5) is 15.8. The van der Waals surface area contributed by atoms with Gasteiger partial charge in [0.2, 0.25) is 5.91 Å². The van der Waals surface area contributed by atoms with Gasteiger partial charge in [0.15, 0.2) is 0 Å². The first-order chi connectivity index (χ1) is 6.56. The maximum atomic E-state index is 11.6. The third-order valence-electron chi connectivity index (χ3n) is 2.91. The van der Waals surface area contributed by atoms with Crippen LogP contribution in [0.1, 0.15) is 13.3 Å². The first-order valence-corrected chi connectivity index (χ1v) is 5.74. The highest BCUT2D eigenvalue weighted by molar-refractivity contribution is 7.80. The number of likely N-dealkylation sites (N-methyl/N-ethyl adjacent to an activating group) is 1. The largest absolute Gasteiger partial charge is 0.341 e. The molecule has 2 atom stereocenters. The molecular weight excluding hydrogens is 196 g/mol. The van der Waals surface area contributed by atoms with Crippen molar-refractivity contribution in [2.24, 2.45) is 5.92 Å². The highest BCUT2D eigenvalue weighted by atomic mass is 32.1. The first-order valence-electron chi connectivity index (χ1n) is 5.11. The van der Waals surface area contributed by atoms with Gasteiger partial charge in [0.1, 0.15) is 0 Å². The van der Waals surface area contributed by atoms with Crippen molar-refractivity contribution in [3.63, 3.8) is 0 Å².